The average molecular weight is 336 g/mol. The number of carbonyl (C=O) groups excluding carboxylic acids is 2. The van der Waals surface area contributed by atoms with Crippen molar-refractivity contribution in [2.75, 3.05) is 13.7 Å². The standard InChI is InChI=1S/C18H25FN2O3/c1-12(14-8-9-16(24-2)15(19)10-14)21-17(22)11-20-18(23)13-6-4-3-5-7-13/h8-10,12-13H,3-7,11H2,1-2H3,(H,20,23)(H,21,22). The highest BCUT2D eigenvalue weighted by Crippen LogP contribution is 2.23. The number of rotatable bonds is 6. The van der Waals surface area contributed by atoms with Crippen LogP contribution in [0, 0.1) is 11.7 Å². The molecular formula is C18H25FN2O3. The van der Waals surface area contributed by atoms with E-state index in [0.717, 1.165) is 25.7 Å². The normalized spacial score (nSPS) is 16.3. The summed E-state index contributed by atoms with van der Waals surface area (Å²) < 4.78 is 18.6. The Balaban J connectivity index is 1.80. The fraction of sp³-hybridized carbons (Fsp3) is 0.556. The van der Waals surface area contributed by atoms with Crippen LogP contribution in [-0.4, -0.2) is 25.5 Å². The molecule has 6 heteroatoms. The van der Waals surface area contributed by atoms with E-state index in [1.165, 1.54) is 25.7 Å². The number of carbonyl (C=O) groups is 2. The molecule has 132 valence electrons. The van der Waals surface area contributed by atoms with E-state index >= 15 is 0 Å². The van der Waals surface area contributed by atoms with Gasteiger partial charge in [-0.1, -0.05) is 25.3 Å². The molecule has 0 bridgehead atoms. The quantitative estimate of drug-likeness (QED) is 0.839. The van der Waals surface area contributed by atoms with Crippen molar-refractivity contribution >= 4 is 11.8 Å². The van der Waals surface area contributed by atoms with Gasteiger partial charge in [0, 0.05) is 5.92 Å². The number of hydrogen-bond acceptors (Lipinski definition) is 3. The Labute approximate surface area is 142 Å². The summed E-state index contributed by atoms with van der Waals surface area (Å²) in [7, 11) is 1.40. The molecule has 2 N–H and O–H groups in total. The first kappa shape index (κ1) is 18.2. The Morgan fingerprint density at radius 3 is 2.62 bits per heavy atom. The van der Waals surface area contributed by atoms with Crippen molar-refractivity contribution in [3.63, 3.8) is 0 Å². The molecule has 2 amide bonds. The molecule has 1 aliphatic rings. The molecule has 0 aromatic heterocycles. The summed E-state index contributed by atoms with van der Waals surface area (Å²) in [5, 5.41) is 5.45. The number of nitrogens with one attached hydrogen (secondary N) is 2. The lowest BCUT2D eigenvalue weighted by molar-refractivity contribution is -0.129. The Hall–Kier alpha value is -2.11. The van der Waals surface area contributed by atoms with Crippen molar-refractivity contribution in [3.8, 4) is 5.75 Å². The van der Waals surface area contributed by atoms with Crippen molar-refractivity contribution < 1.29 is 18.7 Å². The van der Waals surface area contributed by atoms with E-state index in [-0.39, 0.29) is 36.1 Å². The molecule has 1 fully saturated rings. The fourth-order valence-electron chi connectivity index (χ4n) is 3.00. The minimum Gasteiger partial charge on any atom is -0.494 e. The molecule has 1 aromatic rings. The maximum absolute atomic E-state index is 13.7. The van der Waals surface area contributed by atoms with Crippen LogP contribution in [-0.2, 0) is 9.59 Å². The van der Waals surface area contributed by atoms with Crippen molar-refractivity contribution in [2.24, 2.45) is 5.92 Å². The monoisotopic (exact) mass is 336 g/mol. The SMILES string of the molecule is COc1ccc(C(C)NC(=O)CNC(=O)C2CCCCC2)cc1F. The average Bonchev–Trinajstić information content (AvgIpc) is 2.60. The minimum atomic E-state index is -0.471. The highest BCUT2D eigenvalue weighted by atomic mass is 19.1. The van der Waals surface area contributed by atoms with Gasteiger partial charge >= 0.3 is 0 Å². The fourth-order valence-corrected chi connectivity index (χ4v) is 3.00. The van der Waals surface area contributed by atoms with Crippen LogP contribution in [0.4, 0.5) is 4.39 Å². The molecule has 1 aromatic carbocycles. The van der Waals surface area contributed by atoms with Crippen LogP contribution in [0.3, 0.4) is 0 Å². The number of hydrogen-bond donors (Lipinski definition) is 2. The van der Waals surface area contributed by atoms with Crippen LogP contribution in [0.1, 0.15) is 50.6 Å². The third kappa shape index (κ3) is 4.94. The van der Waals surface area contributed by atoms with Gasteiger partial charge in [0.15, 0.2) is 11.6 Å². The maximum Gasteiger partial charge on any atom is 0.239 e. The predicted octanol–water partition coefficient (Wildman–Crippen LogP) is 2.71. The Bertz CT molecular complexity index is 586. The number of amides is 2. The molecule has 1 saturated carbocycles. The Morgan fingerprint density at radius 2 is 2.00 bits per heavy atom. The van der Waals surface area contributed by atoms with E-state index in [2.05, 4.69) is 10.6 Å². The van der Waals surface area contributed by atoms with E-state index in [1.807, 2.05) is 0 Å². The van der Waals surface area contributed by atoms with E-state index in [1.54, 1.807) is 13.0 Å². The molecule has 0 saturated heterocycles. The molecular weight excluding hydrogens is 311 g/mol. The van der Waals surface area contributed by atoms with Crippen molar-refractivity contribution in [3.05, 3.63) is 29.6 Å². The lowest BCUT2D eigenvalue weighted by Crippen LogP contribution is -2.40. The molecule has 5 nitrogen and oxygen atoms in total. The third-order valence-corrected chi connectivity index (χ3v) is 4.45. The summed E-state index contributed by atoms with van der Waals surface area (Å²) in [5.41, 5.74) is 0.639. The number of ether oxygens (including phenoxy) is 1. The first-order valence-electron chi connectivity index (χ1n) is 8.41. The van der Waals surface area contributed by atoms with Gasteiger partial charge in [0.1, 0.15) is 0 Å². The van der Waals surface area contributed by atoms with Crippen LogP contribution >= 0.6 is 0 Å². The minimum absolute atomic E-state index is 0.0275. The van der Waals surface area contributed by atoms with Crippen LogP contribution in [0.5, 0.6) is 5.75 Å². The second-order valence-corrected chi connectivity index (χ2v) is 6.24. The summed E-state index contributed by atoms with van der Waals surface area (Å²) in [6, 6.07) is 4.21. The largest absolute Gasteiger partial charge is 0.494 e. The first-order valence-corrected chi connectivity index (χ1v) is 8.41. The zero-order valence-electron chi connectivity index (χ0n) is 14.2. The van der Waals surface area contributed by atoms with E-state index in [4.69, 9.17) is 4.74 Å². The van der Waals surface area contributed by atoms with Crippen LogP contribution in [0.15, 0.2) is 18.2 Å². The summed E-state index contributed by atoms with van der Waals surface area (Å²) in [4.78, 5) is 24.0. The van der Waals surface area contributed by atoms with E-state index in [9.17, 15) is 14.0 Å². The van der Waals surface area contributed by atoms with Gasteiger partial charge in [-0.2, -0.15) is 0 Å². The van der Waals surface area contributed by atoms with Crippen molar-refractivity contribution in [2.45, 2.75) is 45.1 Å². The first-order chi connectivity index (χ1) is 11.5. The van der Waals surface area contributed by atoms with Crippen molar-refractivity contribution in [1.82, 2.24) is 10.6 Å². The topological polar surface area (TPSA) is 67.4 Å². The second kappa shape index (κ2) is 8.66. The Kier molecular flexibility index (Phi) is 6.58. The molecule has 0 heterocycles. The molecule has 0 aliphatic heterocycles. The highest BCUT2D eigenvalue weighted by molar-refractivity contribution is 5.86. The molecule has 0 radical (unpaired) electrons. The van der Waals surface area contributed by atoms with Gasteiger partial charge in [0.05, 0.1) is 19.7 Å². The molecule has 1 atom stereocenters. The Morgan fingerprint density at radius 1 is 1.29 bits per heavy atom. The van der Waals surface area contributed by atoms with Gasteiger partial charge in [0.2, 0.25) is 11.8 Å². The highest BCUT2D eigenvalue weighted by Gasteiger charge is 2.21. The third-order valence-electron chi connectivity index (χ3n) is 4.45. The second-order valence-electron chi connectivity index (χ2n) is 6.24. The van der Waals surface area contributed by atoms with Gasteiger partial charge in [-0.05, 0) is 37.5 Å². The van der Waals surface area contributed by atoms with Crippen LogP contribution < -0.4 is 15.4 Å². The molecule has 24 heavy (non-hydrogen) atoms. The van der Waals surface area contributed by atoms with Gasteiger partial charge in [-0.3, -0.25) is 9.59 Å². The van der Waals surface area contributed by atoms with Gasteiger partial charge in [0.25, 0.3) is 0 Å². The summed E-state index contributed by atoms with van der Waals surface area (Å²) >= 11 is 0. The lowest BCUT2D eigenvalue weighted by Gasteiger charge is -2.21. The van der Waals surface area contributed by atoms with Gasteiger partial charge in [-0.25, -0.2) is 4.39 Å². The van der Waals surface area contributed by atoms with Gasteiger partial charge in [-0.15, -0.1) is 0 Å². The summed E-state index contributed by atoms with van der Waals surface area (Å²) in [6.45, 7) is 1.71. The summed E-state index contributed by atoms with van der Waals surface area (Å²) in [6.07, 6.45) is 5.12. The van der Waals surface area contributed by atoms with Crippen LogP contribution in [0.25, 0.3) is 0 Å². The van der Waals surface area contributed by atoms with E-state index < -0.39 is 5.82 Å². The smallest absolute Gasteiger partial charge is 0.239 e. The molecule has 1 aliphatic carbocycles. The molecule has 2 rings (SSSR count). The van der Waals surface area contributed by atoms with E-state index in [0.29, 0.717) is 5.56 Å². The predicted molar refractivity (Wildman–Crippen MR) is 89.1 cm³/mol. The number of methoxy groups -OCH3 is 1. The number of halogens is 1. The maximum atomic E-state index is 13.7. The van der Waals surface area contributed by atoms with Crippen molar-refractivity contribution in [1.29, 1.82) is 0 Å². The zero-order chi connectivity index (χ0) is 17.5. The molecule has 1 unspecified atom stereocenters. The van der Waals surface area contributed by atoms with Gasteiger partial charge < -0.3 is 15.4 Å². The zero-order valence-corrected chi connectivity index (χ0v) is 14.2. The number of benzene rings is 1. The lowest BCUT2D eigenvalue weighted by atomic mass is 9.89. The van der Waals surface area contributed by atoms with Crippen LogP contribution in [0.2, 0.25) is 0 Å². The summed E-state index contributed by atoms with van der Waals surface area (Å²) in [5.74, 6) is -0.616. The molecule has 0 spiro atoms.